The summed E-state index contributed by atoms with van der Waals surface area (Å²) in [6.07, 6.45) is 7.13. The Bertz CT molecular complexity index is 242. The van der Waals surface area contributed by atoms with Gasteiger partial charge in [0.05, 0.1) is 12.5 Å². The average molecular weight is 149 g/mol. The SMILES string of the molecule is N#CCC1=CC=CCC1=S. The number of hydrogen-bond acceptors (Lipinski definition) is 2. The summed E-state index contributed by atoms with van der Waals surface area (Å²) < 4.78 is 0. The highest BCUT2D eigenvalue weighted by Crippen LogP contribution is 2.12. The van der Waals surface area contributed by atoms with Gasteiger partial charge in [-0.25, -0.2) is 0 Å². The van der Waals surface area contributed by atoms with Crippen LogP contribution in [0.5, 0.6) is 0 Å². The molecule has 0 heterocycles. The lowest BCUT2D eigenvalue weighted by molar-refractivity contribution is 1.27. The third-order valence-corrected chi connectivity index (χ3v) is 1.79. The molecule has 0 aromatic rings. The highest BCUT2D eigenvalue weighted by atomic mass is 32.1. The van der Waals surface area contributed by atoms with Crippen LogP contribution in [0.2, 0.25) is 0 Å². The van der Waals surface area contributed by atoms with Crippen LogP contribution in [0.4, 0.5) is 0 Å². The fourth-order valence-electron chi connectivity index (χ4n) is 0.826. The van der Waals surface area contributed by atoms with Crippen LogP contribution in [0.3, 0.4) is 0 Å². The molecule has 1 rings (SSSR count). The van der Waals surface area contributed by atoms with Crippen molar-refractivity contribution in [2.24, 2.45) is 0 Å². The smallest absolute Gasteiger partial charge is 0.0670 e. The number of nitrogens with zero attached hydrogens (tertiary/aromatic N) is 1. The molecule has 0 N–H and O–H groups in total. The van der Waals surface area contributed by atoms with Gasteiger partial charge in [0.15, 0.2) is 0 Å². The van der Waals surface area contributed by atoms with Gasteiger partial charge in [-0.05, 0) is 5.57 Å². The Kier molecular flexibility index (Phi) is 2.35. The monoisotopic (exact) mass is 149 g/mol. The molecular weight excluding hydrogens is 142 g/mol. The van der Waals surface area contributed by atoms with Gasteiger partial charge in [0.2, 0.25) is 0 Å². The fourth-order valence-corrected chi connectivity index (χ4v) is 1.06. The van der Waals surface area contributed by atoms with Crippen LogP contribution < -0.4 is 0 Å². The molecule has 1 aliphatic rings. The van der Waals surface area contributed by atoms with Crippen molar-refractivity contribution < 1.29 is 0 Å². The molecule has 2 heteroatoms. The highest BCUT2D eigenvalue weighted by Gasteiger charge is 2.04. The third kappa shape index (κ3) is 1.52. The van der Waals surface area contributed by atoms with Crippen molar-refractivity contribution in [2.45, 2.75) is 12.8 Å². The summed E-state index contributed by atoms with van der Waals surface area (Å²) in [4.78, 5) is 0.907. The summed E-state index contributed by atoms with van der Waals surface area (Å²) in [6, 6.07) is 2.08. The Balaban J connectivity index is 2.73. The van der Waals surface area contributed by atoms with Gasteiger partial charge in [0.1, 0.15) is 0 Å². The summed E-state index contributed by atoms with van der Waals surface area (Å²) in [5, 5.41) is 8.36. The van der Waals surface area contributed by atoms with Crippen LogP contribution in [-0.2, 0) is 0 Å². The van der Waals surface area contributed by atoms with Crippen LogP contribution in [0, 0.1) is 11.3 Å². The summed E-state index contributed by atoms with van der Waals surface area (Å²) in [7, 11) is 0. The summed E-state index contributed by atoms with van der Waals surface area (Å²) >= 11 is 5.02. The van der Waals surface area contributed by atoms with Crippen molar-refractivity contribution in [1.29, 1.82) is 5.26 Å². The van der Waals surface area contributed by atoms with E-state index >= 15 is 0 Å². The van der Waals surface area contributed by atoms with E-state index in [1.165, 1.54) is 0 Å². The molecule has 10 heavy (non-hydrogen) atoms. The van der Waals surface area contributed by atoms with Crippen molar-refractivity contribution in [3.05, 3.63) is 23.8 Å². The summed E-state index contributed by atoms with van der Waals surface area (Å²) in [5.41, 5.74) is 1.00. The maximum absolute atomic E-state index is 8.36. The topological polar surface area (TPSA) is 23.8 Å². The quantitative estimate of drug-likeness (QED) is 0.533. The zero-order chi connectivity index (χ0) is 7.40. The van der Waals surface area contributed by atoms with Crippen molar-refractivity contribution in [3.63, 3.8) is 0 Å². The summed E-state index contributed by atoms with van der Waals surface area (Å²) in [5.74, 6) is 0. The van der Waals surface area contributed by atoms with Gasteiger partial charge in [-0.15, -0.1) is 0 Å². The van der Waals surface area contributed by atoms with Gasteiger partial charge in [-0.1, -0.05) is 30.4 Å². The molecule has 0 atom stereocenters. The molecule has 0 aliphatic heterocycles. The molecule has 0 saturated heterocycles. The van der Waals surface area contributed by atoms with Crippen molar-refractivity contribution in [3.8, 4) is 6.07 Å². The molecule has 0 amide bonds. The molecule has 0 fully saturated rings. The van der Waals surface area contributed by atoms with Crippen molar-refractivity contribution in [1.82, 2.24) is 0 Å². The van der Waals surface area contributed by atoms with Crippen LogP contribution in [0.1, 0.15) is 12.8 Å². The Hall–Kier alpha value is -0.940. The first kappa shape index (κ1) is 7.17. The minimum absolute atomic E-state index is 0.448. The second-order valence-electron chi connectivity index (χ2n) is 2.08. The maximum atomic E-state index is 8.36. The zero-order valence-electron chi connectivity index (χ0n) is 5.50. The minimum Gasteiger partial charge on any atom is -0.198 e. The van der Waals surface area contributed by atoms with Crippen molar-refractivity contribution >= 4 is 17.1 Å². The van der Waals surface area contributed by atoms with Gasteiger partial charge in [-0.2, -0.15) is 5.26 Å². The Morgan fingerprint density at radius 3 is 3.10 bits per heavy atom. The first-order valence-corrected chi connectivity index (χ1v) is 3.51. The Morgan fingerprint density at radius 1 is 1.70 bits per heavy atom. The van der Waals surface area contributed by atoms with E-state index in [1.54, 1.807) is 0 Å². The molecule has 0 aromatic carbocycles. The van der Waals surface area contributed by atoms with Crippen LogP contribution in [0.25, 0.3) is 0 Å². The number of rotatable bonds is 1. The van der Waals surface area contributed by atoms with Crippen LogP contribution in [-0.4, -0.2) is 4.86 Å². The Morgan fingerprint density at radius 2 is 2.50 bits per heavy atom. The number of thiocarbonyl (C=S) groups is 1. The highest BCUT2D eigenvalue weighted by molar-refractivity contribution is 7.80. The van der Waals surface area contributed by atoms with Crippen LogP contribution >= 0.6 is 12.2 Å². The molecule has 1 aliphatic carbocycles. The number of nitriles is 1. The van der Waals surface area contributed by atoms with Crippen LogP contribution in [0.15, 0.2) is 23.8 Å². The van der Waals surface area contributed by atoms with Gasteiger partial charge in [0.25, 0.3) is 0 Å². The van der Waals surface area contributed by atoms with Gasteiger partial charge >= 0.3 is 0 Å². The minimum atomic E-state index is 0.448. The molecule has 0 radical (unpaired) electrons. The molecule has 50 valence electrons. The first-order chi connectivity index (χ1) is 4.84. The lowest BCUT2D eigenvalue weighted by atomic mass is 10.0. The fraction of sp³-hybridized carbons (Fsp3) is 0.250. The number of hydrogen-bond donors (Lipinski definition) is 0. The maximum Gasteiger partial charge on any atom is 0.0670 e. The first-order valence-electron chi connectivity index (χ1n) is 3.10. The van der Waals surface area contributed by atoms with Gasteiger partial charge in [-0.3, -0.25) is 0 Å². The summed E-state index contributed by atoms with van der Waals surface area (Å²) in [6.45, 7) is 0. The van der Waals surface area contributed by atoms with E-state index in [4.69, 9.17) is 17.5 Å². The Labute approximate surface area is 65.7 Å². The molecule has 0 bridgehead atoms. The largest absolute Gasteiger partial charge is 0.198 e. The normalized spacial score (nSPS) is 16.3. The zero-order valence-corrected chi connectivity index (χ0v) is 6.32. The van der Waals surface area contributed by atoms with E-state index in [1.807, 2.05) is 18.2 Å². The second-order valence-corrected chi connectivity index (χ2v) is 2.58. The molecular formula is C8H7NS. The molecule has 0 spiro atoms. The molecule has 1 nitrogen and oxygen atoms in total. The van der Waals surface area contributed by atoms with E-state index in [-0.39, 0.29) is 0 Å². The van der Waals surface area contributed by atoms with E-state index in [0.29, 0.717) is 6.42 Å². The van der Waals surface area contributed by atoms with E-state index in [2.05, 4.69) is 6.07 Å². The van der Waals surface area contributed by atoms with Gasteiger partial charge < -0.3 is 0 Å². The van der Waals surface area contributed by atoms with Gasteiger partial charge in [0, 0.05) is 11.3 Å². The second kappa shape index (κ2) is 3.28. The predicted octanol–water partition coefficient (Wildman–Crippen LogP) is 2.16. The molecule has 0 aromatic heterocycles. The van der Waals surface area contributed by atoms with Crippen molar-refractivity contribution in [2.75, 3.05) is 0 Å². The van der Waals surface area contributed by atoms with E-state index < -0.39 is 0 Å². The standard InChI is InChI=1S/C8H7NS/c9-6-5-7-3-1-2-4-8(7)10/h1-3H,4-5H2. The predicted molar refractivity (Wildman–Crippen MR) is 44.7 cm³/mol. The van der Waals surface area contributed by atoms with E-state index in [0.717, 1.165) is 16.9 Å². The third-order valence-electron chi connectivity index (χ3n) is 1.36. The average Bonchev–Trinajstić information content (AvgIpc) is 1.94. The van der Waals surface area contributed by atoms with E-state index in [9.17, 15) is 0 Å². The lowest BCUT2D eigenvalue weighted by Gasteiger charge is -2.04. The molecule has 0 saturated carbocycles. The lowest BCUT2D eigenvalue weighted by Crippen LogP contribution is -1.99. The molecule has 0 unspecified atom stereocenters. The number of allylic oxidation sites excluding steroid dienone is 4.